The van der Waals surface area contributed by atoms with Crippen molar-refractivity contribution in [3.8, 4) is 0 Å². The molecule has 2 N–H and O–H groups in total. The Morgan fingerprint density at radius 2 is 2.06 bits per heavy atom. The SMILES string of the molecule is CC1(C)CNC(CCO)CN1c1ccc(Cl)cc1. The molecule has 1 heterocycles. The van der Waals surface area contributed by atoms with E-state index in [4.69, 9.17) is 16.7 Å². The second kappa shape index (κ2) is 5.47. The molecule has 1 saturated heterocycles. The molecule has 1 aliphatic rings. The Labute approximate surface area is 114 Å². The molecule has 0 aliphatic carbocycles. The Morgan fingerprint density at radius 3 is 2.67 bits per heavy atom. The van der Waals surface area contributed by atoms with Gasteiger partial charge in [-0.1, -0.05) is 11.6 Å². The van der Waals surface area contributed by atoms with Gasteiger partial charge in [-0.2, -0.15) is 0 Å². The molecule has 1 aromatic rings. The lowest BCUT2D eigenvalue weighted by atomic mass is 9.95. The second-order valence-corrected chi connectivity index (χ2v) is 5.93. The number of hydrogen-bond donors (Lipinski definition) is 2. The fourth-order valence-electron chi connectivity index (χ4n) is 2.45. The van der Waals surface area contributed by atoms with Gasteiger partial charge < -0.3 is 15.3 Å². The van der Waals surface area contributed by atoms with Crippen LogP contribution in [0.2, 0.25) is 5.02 Å². The van der Waals surface area contributed by atoms with Crippen LogP contribution in [0.25, 0.3) is 0 Å². The van der Waals surface area contributed by atoms with Gasteiger partial charge in [0, 0.05) is 42.0 Å². The molecule has 100 valence electrons. The molecule has 18 heavy (non-hydrogen) atoms. The molecule has 1 aliphatic heterocycles. The summed E-state index contributed by atoms with van der Waals surface area (Å²) >= 11 is 5.94. The minimum Gasteiger partial charge on any atom is -0.396 e. The van der Waals surface area contributed by atoms with Crippen molar-refractivity contribution in [2.75, 3.05) is 24.6 Å². The highest BCUT2D eigenvalue weighted by Crippen LogP contribution is 2.28. The van der Waals surface area contributed by atoms with Crippen LogP contribution < -0.4 is 10.2 Å². The first-order valence-electron chi connectivity index (χ1n) is 6.40. The third-order valence-electron chi connectivity index (χ3n) is 3.57. The van der Waals surface area contributed by atoms with E-state index in [0.29, 0.717) is 6.04 Å². The van der Waals surface area contributed by atoms with Gasteiger partial charge in [0.1, 0.15) is 0 Å². The van der Waals surface area contributed by atoms with Gasteiger partial charge in [-0.05, 0) is 44.5 Å². The standard InChI is InChI=1S/C14H21ClN2O/c1-14(2)10-16-12(7-8-18)9-17(14)13-5-3-11(15)4-6-13/h3-6,12,16,18H,7-10H2,1-2H3. The lowest BCUT2D eigenvalue weighted by Gasteiger charge is -2.47. The number of rotatable bonds is 3. The van der Waals surface area contributed by atoms with Crippen molar-refractivity contribution in [2.45, 2.75) is 31.8 Å². The number of nitrogens with zero attached hydrogens (tertiary/aromatic N) is 1. The van der Waals surface area contributed by atoms with Gasteiger partial charge in [0.25, 0.3) is 0 Å². The molecule has 1 atom stereocenters. The normalized spacial score (nSPS) is 23.1. The molecular weight excluding hydrogens is 248 g/mol. The number of halogens is 1. The van der Waals surface area contributed by atoms with Crippen molar-refractivity contribution < 1.29 is 5.11 Å². The summed E-state index contributed by atoms with van der Waals surface area (Å²) in [6.07, 6.45) is 0.792. The van der Waals surface area contributed by atoms with E-state index in [0.717, 1.165) is 24.5 Å². The van der Waals surface area contributed by atoms with Crippen molar-refractivity contribution in [1.29, 1.82) is 0 Å². The van der Waals surface area contributed by atoms with Gasteiger partial charge >= 0.3 is 0 Å². The van der Waals surface area contributed by atoms with E-state index in [-0.39, 0.29) is 12.1 Å². The minimum atomic E-state index is 0.0692. The molecule has 0 amide bonds. The van der Waals surface area contributed by atoms with E-state index in [9.17, 15) is 0 Å². The van der Waals surface area contributed by atoms with Crippen LogP contribution in [-0.2, 0) is 0 Å². The highest BCUT2D eigenvalue weighted by Gasteiger charge is 2.33. The van der Waals surface area contributed by atoms with Crippen LogP contribution in [0, 0.1) is 0 Å². The molecule has 3 nitrogen and oxygen atoms in total. The van der Waals surface area contributed by atoms with Gasteiger partial charge in [0.2, 0.25) is 0 Å². The molecule has 0 saturated carbocycles. The first-order chi connectivity index (χ1) is 8.53. The van der Waals surface area contributed by atoms with Crippen LogP contribution in [-0.4, -0.2) is 36.4 Å². The summed E-state index contributed by atoms with van der Waals surface area (Å²) in [5.41, 5.74) is 1.26. The van der Waals surface area contributed by atoms with Crippen molar-refractivity contribution in [1.82, 2.24) is 5.32 Å². The summed E-state index contributed by atoms with van der Waals surface area (Å²) in [6.45, 7) is 6.51. The average molecular weight is 269 g/mol. The lowest BCUT2D eigenvalue weighted by molar-refractivity contribution is 0.240. The van der Waals surface area contributed by atoms with Crippen LogP contribution in [0.3, 0.4) is 0 Å². The topological polar surface area (TPSA) is 35.5 Å². The predicted octanol–water partition coefficient (Wildman–Crippen LogP) is 2.28. The fraction of sp³-hybridized carbons (Fsp3) is 0.571. The van der Waals surface area contributed by atoms with Crippen LogP contribution >= 0.6 is 11.6 Å². The summed E-state index contributed by atoms with van der Waals surface area (Å²) in [5.74, 6) is 0. The molecule has 2 rings (SSSR count). The summed E-state index contributed by atoms with van der Waals surface area (Å²) in [5, 5.41) is 13.3. The van der Waals surface area contributed by atoms with Crippen molar-refractivity contribution in [3.63, 3.8) is 0 Å². The zero-order chi connectivity index (χ0) is 13.2. The first kappa shape index (κ1) is 13.7. The zero-order valence-corrected chi connectivity index (χ0v) is 11.7. The molecule has 1 fully saturated rings. The van der Waals surface area contributed by atoms with Crippen LogP contribution in [0.4, 0.5) is 5.69 Å². The third-order valence-corrected chi connectivity index (χ3v) is 3.82. The number of nitrogens with one attached hydrogen (secondary N) is 1. The summed E-state index contributed by atoms with van der Waals surface area (Å²) < 4.78 is 0. The maximum atomic E-state index is 9.07. The van der Waals surface area contributed by atoms with Crippen LogP contribution in [0.1, 0.15) is 20.3 Å². The van der Waals surface area contributed by atoms with Crippen molar-refractivity contribution in [3.05, 3.63) is 29.3 Å². The van der Waals surface area contributed by atoms with E-state index < -0.39 is 0 Å². The van der Waals surface area contributed by atoms with Gasteiger partial charge in [0.05, 0.1) is 0 Å². The Morgan fingerprint density at radius 1 is 1.39 bits per heavy atom. The monoisotopic (exact) mass is 268 g/mol. The van der Waals surface area contributed by atoms with E-state index in [1.54, 1.807) is 0 Å². The smallest absolute Gasteiger partial charge is 0.0471 e. The molecule has 1 aromatic carbocycles. The number of aliphatic hydroxyl groups is 1. The molecule has 0 spiro atoms. The van der Waals surface area contributed by atoms with Gasteiger partial charge in [0.15, 0.2) is 0 Å². The van der Waals surface area contributed by atoms with Crippen molar-refractivity contribution >= 4 is 17.3 Å². The minimum absolute atomic E-state index is 0.0692. The summed E-state index contributed by atoms with van der Waals surface area (Å²) in [7, 11) is 0. The molecule has 4 heteroatoms. The Hall–Kier alpha value is -0.770. The summed E-state index contributed by atoms with van der Waals surface area (Å²) in [4.78, 5) is 2.39. The first-order valence-corrected chi connectivity index (χ1v) is 6.78. The largest absolute Gasteiger partial charge is 0.396 e. The average Bonchev–Trinajstić information content (AvgIpc) is 2.33. The molecular formula is C14H21ClN2O. The van der Waals surface area contributed by atoms with Crippen molar-refractivity contribution in [2.24, 2.45) is 0 Å². The molecule has 1 unspecified atom stereocenters. The molecule has 0 aromatic heterocycles. The third kappa shape index (κ3) is 2.97. The Kier molecular flexibility index (Phi) is 4.15. The number of hydrogen-bond acceptors (Lipinski definition) is 3. The number of aliphatic hydroxyl groups excluding tert-OH is 1. The van der Waals surface area contributed by atoms with Crippen LogP contribution in [0.15, 0.2) is 24.3 Å². The maximum Gasteiger partial charge on any atom is 0.0471 e. The van der Waals surface area contributed by atoms with Gasteiger partial charge in [-0.25, -0.2) is 0 Å². The van der Waals surface area contributed by atoms with E-state index in [1.165, 1.54) is 5.69 Å². The van der Waals surface area contributed by atoms with Crippen LogP contribution in [0.5, 0.6) is 0 Å². The predicted molar refractivity (Wildman–Crippen MR) is 76.4 cm³/mol. The Bertz CT molecular complexity index is 391. The highest BCUT2D eigenvalue weighted by atomic mass is 35.5. The van der Waals surface area contributed by atoms with Gasteiger partial charge in [-0.3, -0.25) is 0 Å². The lowest BCUT2D eigenvalue weighted by Crippen LogP contribution is -2.62. The quantitative estimate of drug-likeness (QED) is 0.883. The number of benzene rings is 1. The molecule has 0 bridgehead atoms. The van der Waals surface area contributed by atoms with Gasteiger partial charge in [-0.15, -0.1) is 0 Å². The van der Waals surface area contributed by atoms with E-state index in [2.05, 4.69) is 36.2 Å². The molecule has 0 radical (unpaired) electrons. The Balaban J connectivity index is 2.18. The fourth-order valence-corrected chi connectivity index (χ4v) is 2.57. The van der Waals surface area contributed by atoms with E-state index in [1.807, 2.05) is 12.1 Å². The number of anilines is 1. The maximum absolute atomic E-state index is 9.07. The highest BCUT2D eigenvalue weighted by molar-refractivity contribution is 6.30. The van der Waals surface area contributed by atoms with E-state index >= 15 is 0 Å². The summed E-state index contributed by atoms with van der Waals surface area (Å²) in [6, 6.07) is 8.32. The zero-order valence-electron chi connectivity index (χ0n) is 11.0. The second-order valence-electron chi connectivity index (χ2n) is 5.49. The number of piperazine rings is 1.